The van der Waals surface area contributed by atoms with E-state index in [-0.39, 0.29) is 5.56 Å². The summed E-state index contributed by atoms with van der Waals surface area (Å²) >= 11 is 0. The zero-order valence-corrected chi connectivity index (χ0v) is 9.36. The molecule has 0 atom stereocenters. The third-order valence-electron chi connectivity index (χ3n) is 2.05. The first-order valence-corrected chi connectivity index (χ1v) is 4.75. The lowest BCUT2D eigenvalue weighted by molar-refractivity contribution is -0.149. The van der Waals surface area contributed by atoms with Crippen LogP contribution in [0, 0.1) is 12.7 Å². The van der Waals surface area contributed by atoms with E-state index < -0.39 is 23.3 Å². The number of aliphatic hydroxyl groups is 1. The normalized spacial score (nSPS) is 11.1. The van der Waals surface area contributed by atoms with Crippen LogP contribution in [-0.4, -0.2) is 24.0 Å². The van der Waals surface area contributed by atoms with Gasteiger partial charge in [0.05, 0.1) is 12.7 Å². The summed E-state index contributed by atoms with van der Waals surface area (Å²) in [4.78, 5) is 21.9. The van der Waals surface area contributed by atoms with Crippen molar-refractivity contribution in [1.82, 2.24) is 0 Å². The number of halogens is 1. The van der Waals surface area contributed by atoms with Crippen LogP contribution in [0.2, 0.25) is 0 Å². The van der Waals surface area contributed by atoms with Crippen molar-refractivity contribution < 1.29 is 23.8 Å². The maximum Gasteiger partial charge on any atom is 0.378 e. The van der Waals surface area contributed by atoms with Crippen LogP contribution in [0.15, 0.2) is 24.3 Å². The second kappa shape index (κ2) is 5.25. The van der Waals surface area contributed by atoms with Gasteiger partial charge in [0.2, 0.25) is 0 Å². The lowest BCUT2D eigenvalue weighted by Crippen LogP contribution is -2.13. The molecule has 0 heterocycles. The van der Waals surface area contributed by atoms with Crippen molar-refractivity contribution in [2.45, 2.75) is 6.92 Å². The summed E-state index contributed by atoms with van der Waals surface area (Å²) in [6, 6.07) is 4.05. The average molecular weight is 238 g/mol. The van der Waals surface area contributed by atoms with Gasteiger partial charge in [-0.3, -0.25) is 4.79 Å². The van der Waals surface area contributed by atoms with Crippen LogP contribution in [0.5, 0.6) is 0 Å². The molecule has 0 aliphatic heterocycles. The Kier molecular flexibility index (Phi) is 3.98. The maximum absolute atomic E-state index is 13.3. The minimum atomic E-state index is -1.12. The Morgan fingerprint density at radius 2 is 2.06 bits per heavy atom. The van der Waals surface area contributed by atoms with Crippen LogP contribution in [0.25, 0.3) is 5.76 Å². The molecule has 0 unspecified atom stereocenters. The number of esters is 1. The summed E-state index contributed by atoms with van der Waals surface area (Å²) in [5.41, 5.74) is 0.578. The summed E-state index contributed by atoms with van der Waals surface area (Å²) in [6.07, 6.45) is 0.629. The van der Waals surface area contributed by atoms with Crippen LogP contribution in [0.4, 0.5) is 4.39 Å². The molecule has 0 aromatic heterocycles. The standard InChI is InChI=1S/C12H11FO4/c1-7-3-4-9(13)8(5-7)10(14)6-11(15)12(16)17-2/h3-6,14H,1-2H3/b10-6-. The topological polar surface area (TPSA) is 63.6 Å². The highest BCUT2D eigenvalue weighted by Gasteiger charge is 2.14. The Hall–Kier alpha value is -2.17. The molecule has 0 saturated carbocycles. The third-order valence-corrected chi connectivity index (χ3v) is 2.05. The van der Waals surface area contributed by atoms with Crippen molar-refractivity contribution in [2.24, 2.45) is 0 Å². The molecule has 0 bridgehead atoms. The number of carbonyl (C=O) groups excluding carboxylic acids is 2. The van der Waals surface area contributed by atoms with E-state index in [0.29, 0.717) is 11.6 Å². The Labute approximate surface area is 97.3 Å². The fourth-order valence-electron chi connectivity index (χ4n) is 1.20. The Balaban J connectivity index is 3.07. The van der Waals surface area contributed by atoms with Gasteiger partial charge in [0.25, 0.3) is 5.78 Å². The number of ether oxygens (including phenoxy) is 1. The molecular weight excluding hydrogens is 227 g/mol. The summed E-state index contributed by atoms with van der Waals surface area (Å²) < 4.78 is 17.5. The molecule has 0 amide bonds. The van der Waals surface area contributed by atoms with Crippen molar-refractivity contribution in [2.75, 3.05) is 7.11 Å². The number of hydrogen-bond donors (Lipinski definition) is 1. The molecule has 0 radical (unpaired) electrons. The van der Waals surface area contributed by atoms with E-state index in [9.17, 15) is 19.1 Å². The van der Waals surface area contributed by atoms with Gasteiger partial charge >= 0.3 is 5.97 Å². The molecule has 1 rings (SSSR count). The van der Waals surface area contributed by atoms with Crippen LogP contribution in [0.1, 0.15) is 11.1 Å². The Morgan fingerprint density at radius 1 is 1.41 bits per heavy atom. The number of aryl methyl sites for hydroxylation is 1. The quantitative estimate of drug-likeness (QED) is 0.377. The predicted molar refractivity (Wildman–Crippen MR) is 58.8 cm³/mol. The van der Waals surface area contributed by atoms with Gasteiger partial charge in [-0.25, -0.2) is 9.18 Å². The maximum atomic E-state index is 13.3. The second-order valence-corrected chi connectivity index (χ2v) is 3.37. The van der Waals surface area contributed by atoms with Gasteiger partial charge in [-0.15, -0.1) is 0 Å². The summed E-state index contributed by atoms with van der Waals surface area (Å²) in [7, 11) is 1.04. The Morgan fingerprint density at radius 3 is 2.65 bits per heavy atom. The van der Waals surface area contributed by atoms with Crippen LogP contribution in [-0.2, 0) is 14.3 Å². The molecule has 1 N–H and O–H groups in total. The number of ketones is 1. The molecule has 0 saturated heterocycles. The fraction of sp³-hybridized carbons (Fsp3) is 0.167. The number of aliphatic hydroxyl groups excluding tert-OH is 1. The van der Waals surface area contributed by atoms with Gasteiger partial charge in [-0.05, 0) is 19.1 Å². The van der Waals surface area contributed by atoms with E-state index in [1.807, 2.05) is 0 Å². The summed E-state index contributed by atoms with van der Waals surface area (Å²) in [5, 5.41) is 9.53. The molecule has 0 aliphatic carbocycles. The summed E-state index contributed by atoms with van der Waals surface area (Å²) in [6.45, 7) is 1.71. The monoisotopic (exact) mass is 238 g/mol. The molecule has 1 aromatic carbocycles. The number of methoxy groups -OCH3 is 1. The van der Waals surface area contributed by atoms with E-state index in [4.69, 9.17) is 0 Å². The zero-order chi connectivity index (χ0) is 13.0. The number of rotatable bonds is 3. The van der Waals surface area contributed by atoms with Crippen molar-refractivity contribution in [3.8, 4) is 0 Å². The van der Waals surface area contributed by atoms with Crippen molar-refractivity contribution in [1.29, 1.82) is 0 Å². The summed E-state index contributed by atoms with van der Waals surface area (Å²) in [5.74, 6) is -3.46. The first kappa shape index (κ1) is 12.9. The molecule has 0 fully saturated rings. The Bertz CT molecular complexity index is 491. The van der Waals surface area contributed by atoms with Crippen LogP contribution in [0.3, 0.4) is 0 Å². The number of carbonyl (C=O) groups is 2. The number of hydrogen-bond acceptors (Lipinski definition) is 4. The molecular formula is C12H11FO4. The van der Waals surface area contributed by atoms with Crippen molar-refractivity contribution in [3.05, 3.63) is 41.2 Å². The SMILES string of the molecule is COC(=O)C(=O)/C=C(\O)c1cc(C)ccc1F. The fourth-order valence-corrected chi connectivity index (χ4v) is 1.20. The van der Waals surface area contributed by atoms with E-state index in [0.717, 1.165) is 13.2 Å². The molecule has 0 spiro atoms. The highest BCUT2D eigenvalue weighted by molar-refractivity contribution is 6.39. The first-order valence-electron chi connectivity index (χ1n) is 4.75. The first-order chi connectivity index (χ1) is 7.95. The molecule has 17 heavy (non-hydrogen) atoms. The largest absolute Gasteiger partial charge is 0.507 e. The van der Waals surface area contributed by atoms with Gasteiger partial charge in [0.1, 0.15) is 11.6 Å². The average Bonchev–Trinajstić information content (AvgIpc) is 2.30. The van der Waals surface area contributed by atoms with Crippen LogP contribution >= 0.6 is 0 Å². The van der Waals surface area contributed by atoms with Crippen molar-refractivity contribution >= 4 is 17.5 Å². The molecule has 4 nitrogen and oxygen atoms in total. The van der Waals surface area contributed by atoms with Crippen LogP contribution < -0.4 is 0 Å². The zero-order valence-electron chi connectivity index (χ0n) is 9.36. The highest BCUT2D eigenvalue weighted by atomic mass is 19.1. The van der Waals surface area contributed by atoms with Gasteiger partial charge < -0.3 is 9.84 Å². The van der Waals surface area contributed by atoms with Gasteiger partial charge in [-0.2, -0.15) is 0 Å². The smallest absolute Gasteiger partial charge is 0.378 e. The molecule has 5 heteroatoms. The molecule has 0 aliphatic rings. The predicted octanol–water partition coefficient (Wildman–Crippen LogP) is 1.78. The van der Waals surface area contributed by atoms with E-state index in [1.165, 1.54) is 12.1 Å². The van der Waals surface area contributed by atoms with Gasteiger partial charge in [0.15, 0.2) is 0 Å². The lowest BCUT2D eigenvalue weighted by atomic mass is 10.1. The van der Waals surface area contributed by atoms with E-state index in [1.54, 1.807) is 6.92 Å². The van der Waals surface area contributed by atoms with Gasteiger partial charge in [0, 0.05) is 6.08 Å². The van der Waals surface area contributed by atoms with Gasteiger partial charge in [-0.1, -0.05) is 11.6 Å². The second-order valence-electron chi connectivity index (χ2n) is 3.37. The van der Waals surface area contributed by atoms with E-state index >= 15 is 0 Å². The van der Waals surface area contributed by atoms with Crippen molar-refractivity contribution in [3.63, 3.8) is 0 Å². The number of benzene rings is 1. The molecule has 1 aromatic rings. The molecule has 90 valence electrons. The highest BCUT2D eigenvalue weighted by Crippen LogP contribution is 2.17. The van der Waals surface area contributed by atoms with E-state index in [2.05, 4.69) is 4.74 Å². The lowest BCUT2D eigenvalue weighted by Gasteiger charge is -2.03. The minimum absolute atomic E-state index is 0.137. The third kappa shape index (κ3) is 3.14. The minimum Gasteiger partial charge on any atom is -0.507 e.